The molecule has 0 radical (unpaired) electrons. The Balaban J connectivity index is 2.24. The van der Waals surface area contributed by atoms with Crippen LogP contribution in [0.3, 0.4) is 0 Å². The van der Waals surface area contributed by atoms with E-state index in [0.29, 0.717) is 0 Å². The zero-order valence-electron chi connectivity index (χ0n) is 36.5. The number of anilines is 1. The summed E-state index contributed by atoms with van der Waals surface area (Å²) >= 11 is 0. The molecule has 0 aromatic carbocycles. The molecule has 0 spiro atoms. The maximum absolute atomic E-state index is 13.6. The Labute approximate surface area is 336 Å². The number of unbranched alkanes of at least 4 members (excludes halogenated alkanes) is 30. The summed E-state index contributed by atoms with van der Waals surface area (Å²) in [5.41, 5.74) is 0.753. The van der Waals surface area contributed by atoms with Crippen LogP contribution in [0, 0.1) is 17.8 Å². The number of rotatable bonds is 40. The lowest BCUT2D eigenvalue weighted by Crippen LogP contribution is -2.38. The number of pyridine rings is 1. The van der Waals surface area contributed by atoms with Crippen molar-refractivity contribution in [2.24, 2.45) is 17.8 Å². The smallest absolute Gasteiger partial charge is 0.307 e. The molecule has 0 saturated heterocycles. The first-order valence-corrected chi connectivity index (χ1v) is 24.0. The zero-order chi connectivity index (χ0) is 39.3. The first kappa shape index (κ1) is 50.1. The molecule has 1 amide bonds. The molecule has 0 fully saturated rings. The van der Waals surface area contributed by atoms with Crippen LogP contribution in [0.15, 0.2) is 24.5 Å². The number of hydrogen-bond acceptors (Lipinski definition) is 2. The second-order valence-electron chi connectivity index (χ2n) is 17.0. The molecular weight excluding hydrogens is 665 g/mol. The van der Waals surface area contributed by atoms with Gasteiger partial charge in [0.25, 0.3) is 0 Å². The quantitative estimate of drug-likeness (QED) is 0.0517. The normalized spacial score (nSPS) is 13.2. The molecular formula is C49H91N2O3+. The van der Waals surface area contributed by atoms with E-state index in [-0.39, 0.29) is 11.8 Å². The molecule has 0 aliphatic heterocycles. The predicted molar refractivity (Wildman–Crippen MR) is 233 cm³/mol. The Morgan fingerprint density at radius 1 is 0.537 bits per heavy atom. The fraction of sp³-hybridized carbons (Fsp3) is 0.857. The van der Waals surface area contributed by atoms with Crippen molar-refractivity contribution in [3.05, 3.63) is 24.5 Å². The maximum atomic E-state index is 13.6. The van der Waals surface area contributed by atoms with Gasteiger partial charge in [0, 0.05) is 18.6 Å². The number of amides is 1. The van der Waals surface area contributed by atoms with E-state index in [2.05, 4.69) is 30.7 Å². The van der Waals surface area contributed by atoms with E-state index in [1.54, 1.807) is 6.92 Å². The van der Waals surface area contributed by atoms with Gasteiger partial charge >= 0.3 is 5.97 Å². The Morgan fingerprint density at radius 2 is 0.870 bits per heavy atom. The molecule has 1 aromatic heterocycles. The van der Waals surface area contributed by atoms with Crippen LogP contribution >= 0.6 is 0 Å². The first-order chi connectivity index (χ1) is 26.4. The Kier molecular flexibility index (Phi) is 34.1. The highest BCUT2D eigenvalue weighted by molar-refractivity contribution is 5.95. The highest BCUT2D eigenvalue weighted by atomic mass is 16.4. The van der Waals surface area contributed by atoms with Gasteiger partial charge in [0.15, 0.2) is 12.4 Å². The lowest BCUT2D eigenvalue weighted by atomic mass is 9.77. The Morgan fingerprint density at radius 3 is 1.20 bits per heavy atom. The van der Waals surface area contributed by atoms with Gasteiger partial charge in [-0.05, 0) is 18.8 Å². The minimum absolute atomic E-state index is 0.0753. The van der Waals surface area contributed by atoms with Crippen molar-refractivity contribution in [2.45, 2.75) is 253 Å². The molecule has 0 aliphatic rings. The van der Waals surface area contributed by atoms with Crippen LogP contribution in [-0.2, 0) is 16.1 Å². The van der Waals surface area contributed by atoms with E-state index in [4.69, 9.17) is 0 Å². The molecule has 3 atom stereocenters. The molecule has 54 heavy (non-hydrogen) atoms. The summed E-state index contributed by atoms with van der Waals surface area (Å²) in [6, 6.07) is 3.92. The van der Waals surface area contributed by atoms with E-state index in [1.807, 2.05) is 24.5 Å². The predicted octanol–water partition coefficient (Wildman–Crippen LogP) is 15.2. The van der Waals surface area contributed by atoms with Gasteiger partial charge in [-0.1, -0.05) is 227 Å². The summed E-state index contributed by atoms with van der Waals surface area (Å²) in [5, 5.41) is 13.0. The largest absolute Gasteiger partial charge is 0.481 e. The first-order valence-electron chi connectivity index (χ1n) is 24.0. The van der Waals surface area contributed by atoms with Crippen LogP contribution < -0.4 is 9.88 Å². The van der Waals surface area contributed by atoms with Crippen LogP contribution in [0.1, 0.15) is 246 Å². The van der Waals surface area contributed by atoms with Crippen LogP contribution in [0.2, 0.25) is 0 Å². The lowest BCUT2D eigenvalue weighted by molar-refractivity contribution is -0.697. The average Bonchev–Trinajstić information content (AvgIpc) is 3.17. The number of carbonyl (C=O) groups excluding carboxylic acids is 1. The molecule has 1 rings (SSSR count). The van der Waals surface area contributed by atoms with Crippen LogP contribution in [0.4, 0.5) is 5.69 Å². The number of carboxylic acids is 1. The van der Waals surface area contributed by atoms with Gasteiger partial charge in [-0.2, -0.15) is 0 Å². The zero-order valence-corrected chi connectivity index (χ0v) is 36.5. The van der Waals surface area contributed by atoms with Gasteiger partial charge in [-0.15, -0.1) is 0 Å². The standard InChI is InChI=1S/C49H90N2O3/c1-5-8-10-12-14-16-18-20-22-24-26-28-30-32-34-36-38-45(7-3)47(44(4)49(53)54)48(52)50-46-39-42-51(43-40-46)41-37-35-33-31-29-27-25-23-21-19-17-15-13-11-9-6-2/h39-40,42-45,47H,5-38,41H2,1-4H3,(H,53,54)/p+1. The molecule has 0 bridgehead atoms. The highest BCUT2D eigenvalue weighted by Gasteiger charge is 2.35. The third kappa shape index (κ3) is 27.6. The number of nitrogens with one attached hydrogen (secondary N) is 1. The summed E-state index contributed by atoms with van der Waals surface area (Å²) in [6.45, 7) is 9.37. The van der Waals surface area contributed by atoms with Gasteiger partial charge in [-0.25, -0.2) is 4.57 Å². The molecule has 5 heteroatoms. The highest BCUT2D eigenvalue weighted by Crippen LogP contribution is 2.31. The van der Waals surface area contributed by atoms with Gasteiger partial charge in [0.2, 0.25) is 5.91 Å². The van der Waals surface area contributed by atoms with Gasteiger partial charge in [0.1, 0.15) is 6.54 Å². The number of carboxylic acid groups (broad SMARTS) is 1. The minimum Gasteiger partial charge on any atom is -0.481 e. The molecule has 1 heterocycles. The van der Waals surface area contributed by atoms with Gasteiger partial charge < -0.3 is 10.4 Å². The van der Waals surface area contributed by atoms with Crippen molar-refractivity contribution < 1.29 is 19.3 Å². The second-order valence-corrected chi connectivity index (χ2v) is 17.0. The van der Waals surface area contributed by atoms with Crippen LogP contribution in [0.5, 0.6) is 0 Å². The van der Waals surface area contributed by atoms with Crippen molar-refractivity contribution in [2.75, 3.05) is 5.32 Å². The molecule has 0 saturated carbocycles. The number of carbonyl (C=O) groups is 2. The molecule has 2 N–H and O–H groups in total. The fourth-order valence-electron chi connectivity index (χ4n) is 8.35. The monoisotopic (exact) mass is 756 g/mol. The maximum Gasteiger partial charge on any atom is 0.307 e. The third-order valence-electron chi connectivity index (χ3n) is 12.1. The third-order valence-corrected chi connectivity index (χ3v) is 12.1. The Bertz CT molecular complexity index is 980. The van der Waals surface area contributed by atoms with Gasteiger partial charge in [-0.3, -0.25) is 9.59 Å². The SMILES string of the molecule is CCCCCCCCCCCCCCCCCCC(CC)C(C(=O)Nc1cc[n+](CCCCCCCCCCCCCCCCCC)cc1)C(C)C(=O)O. The summed E-state index contributed by atoms with van der Waals surface area (Å²) in [7, 11) is 0. The lowest BCUT2D eigenvalue weighted by Gasteiger charge is -2.28. The number of nitrogens with zero attached hydrogens (tertiary/aromatic N) is 1. The van der Waals surface area contributed by atoms with E-state index in [1.165, 1.54) is 199 Å². The number of aryl methyl sites for hydroxylation is 1. The van der Waals surface area contributed by atoms with Crippen LogP contribution in [0.25, 0.3) is 0 Å². The Hall–Kier alpha value is -1.91. The van der Waals surface area contributed by atoms with Crippen molar-refractivity contribution in [3.63, 3.8) is 0 Å². The number of aromatic nitrogens is 1. The molecule has 1 aromatic rings. The molecule has 5 nitrogen and oxygen atoms in total. The molecule has 3 unspecified atom stereocenters. The summed E-state index contributed by atoms with van der Waals surface area (Å²) in [6.07, 6.45) is 49.3. The van der Waals surface area contributed by atoms with Crippen molar-refractivity contribution in [1.29, 1.82) is 0 Å². The van der Waals surface area contributed by atoms with Gasteiger partial charge in [0.05, 0.1) is 17.5 Å². The van der Waals surface area contributed by atoms with Crippen LogP contribution in [-0.4, -0.2) is 17.0 Å². The van der Waals surface area contributed by atoms with Crippen molar-refractivity contribution >= 4 is 17.6 Å². The summed E-state index contributed by atoms with van der Waals surface area (Å²) in [5.74, 6) is -2.19. The van der Waals surface area contributed by atoms with E-state index >= 15 is 0 Å². The van der Waals surface area contributed by atoms with Crippen molar-refractivity contribution in [1.82, 2.24) is 0 Å². The summed E-state index contributed by atoms with van der Waals surface area (Å²) < 4.78 is 2.20. The second kappa shape index (κ2) is 36.7. The van der Waals surface area contributed by atoms with E-state index < -0.39 is 17.8 Å². The van der Waals surface area contributed by atoms with E-state index in [0.717, 1.165) is 31.5 Å². The fourth-order valence-corrected chi connectivity index (χ4v) is 8.35. The molecule has 0 aliphatic carbocycles. The van der Waals surface area contributed by atoms with E-state index in [9.17, 15) is 14.7 Å². The van der Waals surface area contributed by atoms with Crippen molar-refractivity contribution in [3.8, 4) is 0 Å². The topological polar surface area (TPSA) is 70.3 Å². The average molecular weight is 756 g/mol. The number of hydrogen-bond donors (Lipinski definition) is 2. The number of aliphatic carboxylic acids is 1. The minimum atomic E-state index is -0.884. The summed E-state index contributed by atoms with van der Waals surface area (Å²) in [4.78, 5) is 25.7. The molecule has 314 valence electrons.